The van der Waals surface area contributed by atoms with Gasteiger partial charge >= 0.3 is 0 Å². The highest BCUT2D eigenvalue weighted by Gasteiger charge is 2.50. The van der Waals surface area contributed by atoms with E-state index in [2.05, 4.69) is 47.9 Å². The molecule has 10 amide bonds. The van der Waals surface area contributed by atoms with Gasteiger partial charge in [-0.3, -0.25) is 52.7 Å². The second-order valence-electron chi connectivity index (χ2n) is 30.1. The molecule has 0 aliphatic heterocycles. The molecule has 0 heterocycles. The van der Waals surface area contributed by atoms with Crippen molar-refractivity contribution in [2.45, 2.75) is 311 Å². The number of phenols is 1. The fourth-order valence-corrected chi connectivity index (χ4v) is 16.6. The second kappa shape index (κ2) is 42.1. The Morgan fingerprint density at radius 2 is 0.792 bits per heavy atom. The Balaban J connectivity index is 0.985. The van der Waals surface area contributed by atoms with Gasteiger partial charge in [-0.2, -0.15) is 0 Å². The molecule has 6 aliphatic rings. The maximum atomic E-state index is 15.3. The van der Waals surface area contributed by atoms with Crippen LogP contribution in [-0.2, 0) is 59.2 Å². The summed E-state index contributed by atoms with van der Waals surface area (Å²) in [6.45, 7) is 3.17. The SMILES string of the molecule is CCCCCC(=O)N[C@@H](Cc1ccc(O)cc1)C(=O)NC1CCCCC1C(=O)NC1CCCCC1C(=O)N[C@@H](CCCCN)C(=O)NC1CCCCC1C(=O)NC1CCCCC1C(=O)[C@@](N)(CCCCN)C(=O)NC1CCCCC1C(=O)NC1CCCCC1C(=O)N[C@@H](CCCCN)C(N)=O. The van der Waals surface area contributed by atoms with Crippen LogP contribution in [0.1, 0.15) is 250 Å². The van der Waals surface area contributed by atoms with Crippen LogP contribution in [0.3, 0.4) is 0 Å². The molecule has 1 aromatic carbocycles. The number of hydrogen-bond acceptors (Lipinski definition) is 16. The minimum Gasteiger partial charge on any atom is -0.508 e. The summed E-state index contributed by atoms with van der Waals surface area (Å²) in [6, 6.07) is 0.174. The quantitative estimate of drug-likeness (QED) is 0.0326. The van der Waals surface area contributed by atoms with Crippen LogP contribution in [0.4, 0.5) is 0 Å². The van der Waals surface area contributed by atoms with Crippen LogP contribution < -0.4 is 76.5 Å². The van der Waals surface area contributed by atoms with Gasteiger partial charge < -0.3 is 81.6 Å². The molecule has 0 aromatic heterocycles. The highest BCUT2D eigenvalue weighted by Crippen LogP contribution is 2.35. The Hall–Kier alpha value is -6.77. The molecule has 0 bridgehead atoms. The third-order valence-corrected chi connectivity index (χ3v) is 22.7. The number of Topliss-reactive ketones (excluding diaryl/α,β-unsaturated/α-hetero) is 1. The van der Waals surface area contributed by atoms with Gasteiger partial charge in [0.2, 0.25) is 59.1 Å². The molecule has 566 valence electrons. The number of aromatic hydroxyl groups is 1. The monoisotopic (exact) mass is 1410 g/mol. The predicted molar refractivity (Wildman–Crippen MR) is 385 cm³/mol. The number of benzene rings is 1. The van der Waals surface area contributed by atoms with E-state index in [0.717, 1.165) is 76.2 Å². The number of rotatable bonds is 38. The fourth-order valence-electron chi connectivity index (χ4n) is 16.6. The van der Waals surface area contributed by atoms with E-state index in [-0.39, 0.29) is 66.9 Å². The van der Waals surface area contributed by atoms with Crippen LogP contribution in [0.25, 0.3) is 0 Å². The Labute approximate surface area is 598 Å². The summed E-state index contributed by atoms with van der Waals surface area (Å²) < 4.78 is 0. The van der Waals surface area contributed by atoms with Crippen molar-refractivity contribution in [2.75, 3.05) is 19.6 Å². The molecule has 7 rings (SSSR count). The molecule has 26 heteroatoms. The van der Waals surface area contributed by atoms with Gasteiger partial charge in [0.05, 0.1) is 29.6 Å². The summed E-state index contributed by atoms with van der Waals surface area (Å²) in [7, 11) is 0. The van der Waals surface area contributed by atoms with Crippen LogP contribution >= 0.6 is 0 Å². The van der Waals surface area contributed by atoms with E-state index in [1.165, 1.54) is 12.1 Å². The molecule has 1 aromatic rings. The summed E-state index contributed by atoms with van der Waals surface area (Å²) in [5.74, 6) is -8.51. The predicted octanol–water partition coefficient (Wildman–Crippen LogP) is 4.16. The smallest absolute Gasteiger partial charge is 0.248 e. The average molecular weight is 1410 g/mol. The van der Waals surface area contributed by atoms with E-state index >= 15 is 4.79 Å². The molecular formula is C75H124N14O12. The molecule has 6 saturated carbocycles. The van der Waals surface area contributed by atoms with E-state index in [4.69, 9.17) is 28.7 Å². The van der Waals surface area contributed by atoms with Crippen LogP contribution in [0.15, 0.2) is 24.3 Å². The lowest BCUT2D eigenvalue weighted by molar-refractivity contribution is -0.141. The number of ketones is 1. The lowest BCUT2D eigenvalue weighted by Gasteiger charge is -2.40. The van der Waals surface area contributed by atoms with Crippen LogP contribution in [0.2, 0.25) is 0 Å². The number of nitrogens with one attached hydrogen (secondary N) is 9. The highest BCUT2D eigenvalue weighted by atomic mass is 16.3. The maximum absolute atomic E-state index is 15.3. The third kappa shape index (κ3) is 24.4. The van der Waals surface area contributed by atoms with Crippen molar-refractivity contribution in [2.24, 2.45) is 64.2 Å². The largest absolute Gasteiger partial charge is 0.508 e. The zero-order valence-electron chi connectivity index (χ0n) is 60.3. The van der Waals surface area contributed by atoms with Gasteiger partial charge in [-0.15, -0.1) is 0 Å². The van der Waals surface area contributed by atoms with Crippen molar-refractivity contribution < 1.29 is 57.8 Å². The van der Waals surface area contributed by atoms with Crippen LogP contribution in [0, 0.1) is 35.5 Å². The lowest BCUT2D eigenvalue weighted by atomic mass is 9.72. The standard InChI is InChI=1S/C75H124N14O12/c1-2-3-4-37-64(91)81-63(46-47-38-40-48(90)41-39-47)73(100)86-59-33-15-9-27-53(59)68(95)83-57-31-13-7-25-51(57)71(98)88-62(36-18-21-44-77)72(99)85-58-32-14-8-26-52(58)67(94)82-55-29-11-5-23-49(55)65(92)75(80,42-19-22-45-78)74(101)89-60-34-16-10-28-54(60)69(96)84-56-30-12-6-24-50(56)70(97)87-61(66(79)93)35-17-20-43-76/h38-41,49-63,90H,2-37,42-46,76-78,80H2,1H3,(H2,79,93)(H,81,91)(H,82,94)(H,83,95)(H,84,96)(H,85,99)(H,86,100)(H,87,97)(H,88,98)(H,89,101)/t49?,50?,51?,52?,53?,54?,55?,56?,57?,58?,59?,60?,61-,62-,63-,75-/m0/s1. The lowest BCUT2D eigenvalue weighted by Crippen LogP contribution is -2.66. The molecule has 6 aliphatic carbocycles. The van der Waals surface area contributed by atoms with E-state index in [0.29, 0.717) is 167 Å². The summed E-state index contributed by atoms with van der Waals surface area (Å²) in [5.41, 5.74) is 29.1. The number of carbonyl (C=O) groups is 11. The van der Waals surface area contributed by atoms with E-state index in [9.17, 15) is 53.1 Å². The van der Waals surface area contributed by atoms with Crippen molar-refractivity contribution >= 4 is 64.9 Å². The van der Waals surface area contributed by atoms with Crippen molar-refractivity contribution in [3.8, 4) is 5.75 Å². The fraction of sp³-hybridized carbons (Fsp3) is 0.773. The molecule has 6 fully saturated rings. The van der Waals surface area contributed by atoms with Crippen molar-refractivity contribution in [3.05, 3.63) is 29.8 Å². The van der Waals surface area contributed by atoms with Crippen LogP contribution in [-0.4, -0.2) is 150 Å². The molecule has 0 spiro atoms. The number of unbranched alkanes of at least 4 members (excludes halogenated alkanes) is 5. The van der Waals surface area contributed by atoms with Gasteiger partial charge in [0, 0.05) is 55.0 Å². The number of nitrogens with two attached hydrogens (primary N) is 5. The Bertz CT molecular complexity index is 2890. The number of hydrogen-bond donors (Lipinski definition) is 15. The first kappa shape index (κ1) is 81.5. The maximum Gasteiger partial charge on any atom is 0.248 e. The number of carbonyl (C=O) groups excluding carboxylic acids is 11. The van der Waals surface area contributed by atoms with Gasteiger partial charge in [-0.1, -0.05) is 109 Å². The number of phenolic OH excluding ortho intramolecular Hbond substituents is 1. The summed E-state index contributed by atoms with van der Waals surface area (Å²) in [4.78, 5) is 157. The molecule has 26 nitrogen and oxygen atoms in total. The van der Waals surface area contributed by atoms with E-state index in [1.807, 2.05) is 6.92 Å². The minimum atomic E-state index is -2.03. The van der Waals surface area contributed by atoms with Gasteiger partial charge in [0.15, 0.2) is 11.3 Å². The van der Waals surface area contributed by atoms with Crippen molar-refractivity contribution in [1.82, 2.24) is 47.9 Å². The van der Waals surface area contributed by atoms with E-state index in [1.54, 1.807) is 12.1 Å². The average Bonchev–Trinajstić information content (AvgIpc) is 0.555. The Kier molecular flexibility index (Phi) is 34.0. The number of amides is 10. The molecule has 101 heavy (non-hydrogen) atoms. The molecule has 16 atom stereocenters. The Morgan fingerprint density at radius 1 is 0.426 bits per heavy atom. The number of primary amides is 1. The zero-order chi connectivity index (χ0) is 72.8. The van der Waals surface area contributed by atoms with Gasteiger partial charge in [-0.25, -0.2) is 0 Å². The van der Waals surface area contributed by atoms with E-state index < -0.39 is 125 Å². The Morgan fingerprint density at radius 3 is 1.23 bits per heavy atom. The van der Waals surface area contributed by atoms with Crippen molar-refractivity contribution in [1.29, 1.82) is 0 Å². The summed E-state index contributed by atoms with van der Waals surface area (Å²) in [6.07, 6.45) is 21.5. The summed E-state index contributed by atoms with van der Waals surface area (Å²) >= 11 is 0. The second-order valence-corrected chi connectivity index (χ2v) is 30.1. The molecule has 0 radical (unpaired) electrons. The zero-order valence-corrected chi connectivity index (χ0v) is 60.3. The van der Waals surface area contributed by atoms with Crippen LogP contribution in [0.5, 0.6) is 5.75 Å². The van der Waals surface area contributed by atoms with Gasteiger partial charge in [-0.05, 0) is 179 Å². The van der Waals surface area contributed by atoms with Gasteiger partial charge in [0.1, 0.15) is 23.9 Å². The van der Waals surface area contributed by atoms with Crippen molar-refractivity contribution in [3.63, 3.8) is 0 Å². The molecule has 20 N–H and O–H groups in total. The first-order valence-electron chi connectivity index (χ1n) is 38.9. The highest BCUT2D eigenvalue weighted by molar-refractivity contribution is 6.12. The molecule has 12 unspecified atom stereocenters. The first-order chi connectivity index (χ1) is 48.7. The van der Waals surface area contributed by atoms with Gasteiger partial charge in [0.25, 0.3) is 0 Å². The molecule has 0 saturated heterocycles. The topological polar surface area (TPSA) is 446 Å². The third-order valence-electron chi connectivity index (χ3n) is 22.7. The first-order valence-corrected chi connectivity index (χ1v) is 38.9. The normalized spacial score (nSPS) is 26.9. The summed E-state index contributed by atoms with van der Waals surface area (Å²) in [5, 5.41) is 37.7. The molecular weight excluding hydrogens is 1290 g/mol. The minimum absolute atomic E-state index is 0.0146.